The molecular weight excluding hydrogens is 174 g/mol. The fourth-order valence-electron chi connectivity index (χ4n) is 0.804. The highest BCUT2D eigenvalue weighted by Crippen LogP contribution is 2.00. The van der Waals surface area contributed by atoms with Crippen molar-refractivity contribution in [2.24, 2.45) is 5.92 Å². The van der Waals surface area contributed by atoms with E-state index in [4.69, 9.17) is 5.11 Å². The number of hydrogen-bond donors (Lipinski definition) is 3. The summed E-state index contributed by atoms with van der Waals surface area (Å²) in [4.78, 5) is 11.0. The number of aliphatic hydroxyl groups excluding tert-OH is 1. The van der Waals surface area contributed by atoms with Crippen molar-refractivity contribution in [3.8, 4) is 0 Å². The van der Waals surface area contributed by atoms with Gasteiger partial charge in [0.1, 0.15) is 0 Å². The molecule has 0 heterocycles. The smallest absolute Gasteiger partial charge is 0.221 e. The van der Waals surface area contributed by atoms with Gasteiger partial charge in [0.15, 0.2) is 0 Å². The molecule has 0 fully saturated rings. The molecule has 0 saturated heterocycles. The maximum Gasteiger partial charge on any atom is 0.221 e. The fraction of sp³-hybridized carbons (Fsp3) is 0.875. The number of amides is 1. The third-order valence-electron chi connectivity index (χ3n) is 1.69. The monoisotopic (exact) mass is 191 g/mol. The number of aliphatic hydroxyl groups is 1. The molecule has 0 spiro atoms. The van der Waals surface area contributed by atoms with Crippen LogP contribution in [0.2, 0.25) is 0 Å². The second-order valence-corrected chi connectivity index (χ2v) is 3.52. The lowest BCUT2D eigenvalue weighted by Crippen LogP contribution is -2.41. The van der Waals surface area contributed by atoms with Crippen molar-refractivity contribution in [1.82, 2.24) is 5.32 Å². The first-order valence-corrected chi connectivity index (χ1v) is 4.76. The van der Waals surface area contributed by atoms with E-state index in [0.29, 0.717) is 12.2 Å². The van der Waals surface area contributed by atoms with E-state index in [9.17, 15) is 4.79 Å². The number of carbonyl (C=O) groups is 1. The Kier molecular flexibility index (Phi) is 6.20. The molecule has 0 aromatic carbocycles. The molecule has 3 nitrogen and oxygen atoms in total. The number of carbonyl (C=O) groups excluding carboxylic acids is 1. The summed E-state index contributed by atoms with van der Waals surface area (Å²) in [6.07, 6.45) is 0.409. The maximum atomic E-state index is 11.0. The van der Waals surface area contributed by atoms with Crippen molar-refractivity contribution in [3.63, 3.8) is 0 Å². The molecule has 72 valence electrons. The average Bonchev–Trinajstić information content (AvgIpc) is 2.00. The van der Waals surface area contributed by atoms with E-state index < -0.39 is 0 Å². The zero-order valence-corrected chi connectivity index (χ0v) is 8.47. The minimum atomic E-state index is -0.127. The first kappa shape index (κ1) is 11.8. The lowest BCUT2D eigenvalue weighted by molar-refractivity contribution is -0.122. The number of thiol groups is 1. The second kappa shape index (κ2) is 6.31. The van der Waals surface area contributed by atoms with Crippen molar-refractivity contribution in [3.05, 3.63) is 0 Å². The van der Waals surface area contributed by atoms with Crippen molar-refractivity contribution < 1.29 is 9.90 Å². The van der Waals surface area contributed by atoms with Gasteiger partial charge in [-0.05, 0) is 11.7 Å². The van der Waals surface area contributed by atoms with Crippen LogP contribution in [0.3, 0.4) is 0 Å². The van der Waals surface area contributed by atoms with Gasteiger partial charge in [-0.25, -0.2) is 0 Å². The third-order valence-corrected chi connectivity index (χ3v) is 1.91. The van der Waals surface area contributed by atoms with E-state index in [-0.39, 0.29) is 24.5 Å². The zero-order valence-electron chi connectivity index (χ0n) is 7.58. The van der Waals surface area contributed by atoms with Crippen LogP contribution in [0.25, 0.3) is 0 Å². The van der Waals surface area contributed by atoms with Crippen molar-refractivity contribution in [2.45, 2.75) is 26.3 Å². The van der Waals surface area contributed by atoms with Gasteiger partial charge in [-0.15, -0.1) is 0 Å². The van der Waals surface area contributed by atoms with Crippen LogP contribution in [0.15, 0.2) is 0 Å². The van der Waals surface area contributed by atoms with Gasteiger partial charge in [0.05, 0.1) is 12.6 Å². The quantitative estimate of drug-likeness (QED) is 0.552. The summed E-state index contributed by atoms with van der Waals surface area (Å²) in [6.45, 7) is 3.92. The van der Waals surface area contributed by atoms with Crippen molar-refractivity contribution >= 4 is 18.5 Å². The highest BCUT2D eigenvalue weighted by molar-refractivity contribution is 7.80. The van der Waals surface area contributed by atoms with Crippen LogP contribution in [0, 0.1) is 5.92 Å². The Morgan fingerprint density at radius 1 is 1.58 bits per heavy atom. The van der Waals surface area contributed by atoms with Crippen LogP contribution >= 0.6 is 12.6 Å². The van der Waals surface area contributed by atoms with Gasteiger partial charge in [0, 0.05) is 6.42 Å². The van der Waals surface area contributed by atoms with Gasteiger partial charge in [0.2, 0.25) is 5.91 Å². The molecule has 0 radical (unpaired) electrons. The molecule has 0 aliphatic heterocycles. The van der Waals surface area contributed by atoms with Crippen LogP contribution in [0.1, 0.15) is 20.3 Å². The van der Waals surface area contributed by atoms with E-state index in [0.717, 1.165) is 0 Å². The normalized spacial score (nSPS) is 13.1. The van der Waals surface area contributed by atoms with Crippen LogP contribution in [-0.4, -0.2) is 29.4 Å². The minimum absolute atomic E-state index is 0.00399. The molecular formula is C8H17NO2S. The molecule has 0 aromatic rings. The third kappa shape index (κ3) is 4.62. The highest BCUT2D eigenvalue weighted by Gasteiger charge is 2.13. The molecule has 2 N–H and O–H groups in total. The second-order valence-electron chi connectivity index (χ2n) is 3.07. The van der Waals surface area contributed by atoms with E-state index in [1.165, 1.54) is 0 Å². The molecule has 0 rings (SSSR count). The molecule has 0 aromatic heterocycles. The molecule has 0 aliphatic carbocycles. The highest BCUT2D eigenvalue weighted by atomic mass is 32.1. The van der Waals surface area contributed by atoms with Gasteiger partial charge in [-0.2, -0.15) is 12.6 Å². The summed E-state index contributed by atoms with van der Waals surface area (Å²) in [7, 11) is 0. The predicted molar refractivity (Wildman–Crippen MR) is 52.3 cm³/mol. The Bertz CT molecular complexity index is 139. The summed E-state index contributed by atoms with van der Waals surface area (Å²) < 4.78 is 0. The standard InChI is InChI=1S/C8H17NO2S/c1-6(2)7(5-10)9-8(11)3-4-12/h6-7,10,12H,3-5H2,1-2H3,(H,9,11). The first-order valence-electron chi connectivity index (χ1n) is 4.13. The van der Waals surface area contributed by atoms with E-state index in [1.54, 1.807) is 0 Å². The topological polar surface area (TPSA) is 49.3 Å². The molecule has 0 saturated carbocycles. The van der Waals surface area contributed by atoms with Crippen LogP contribution in [0.5, 0.6) is 0 Å². The van der Waals surface area contributed by atoms with Gasteiger partial charge >= 0.3 is 0 Å². The lowest BCUT2D eigenvalue weighted by atomic mass is 10.1. The molecule has 4 heteroatoms. The van der Waals surface area contributed by atoms with Crippen molar-refractivity contribution in [2.75, 3.05) is 12.4 Å². The van der Waals surface area contributed by atoms with Crippen LogP contribution in [-0.2, 0) is 4.79 Å². The van der Waals surface area contributed by atoms with E-state index in [2.05, 4.69) is 17.9 Å². The SMILES string of the molecule is CC(C)C(CO)NC(=O)CCS. The fourth-order valence-corrected chi connectivity index (χ4v) is 1.01. The van der Waals surface area contributed by atoms with Gasteiger partial charge in [-0.3, -0.25) is 4.79 Å². The lowest BCUT2D eigenvalue weighted by Gasteiger charge is -2.19. The summed E-state index contributed by atoms with van der Waals surface area (Å²) in [5.41, 5.74) is 0. The Morgan fingerprint density at radius 3 is 2.50 bits per heavy atom. The summed E-state index contributed by atoms with van der Waals surface area (Å²) in [5.74, 6) is 0.763. The molecule has 0 bridgehead atoms. The Labute approximate surface area is 79.0 Å². The van der Waals surface area contributed by atoms with Crippen LogP contribution in [0.4, 0.5) is 0 Å². The van der Waals surface area contributed by atoms with Gasteiger partial charge in [0.25, 0.3) is 0 Å². The first-order chi connectivity index (χ1) is 5.61. The van der Waals surface area contributed by atoms with E-state index >= 15 is 0 Å². The zero-order chi connectivity index (χ0) is 9.56. The van der Waals surface area contributed by atoms with Crippen LogP contribution < -0.4 is 5.32 Å². The average molecular weight is 191 g/mol. The number of hydrogen-bond acceptors (Lipinski definition) is 3. The Balaban J connectivity index is 3.77. The van der Waals surface area contributed by atoms with Gasteiger partial charge in [-0.1, -0.05) is 13.8 Å². The maximum absolute atomic E-state index is 11.0. The van der Waals surface area contributed by atoms with Gasteiger partial charge < -0.3 is 10.4 Å². The summed E-state index contributed by atoms with van der Waals surface area (Å²) >= 11 is 3.94. The van der Waals surface area contributed by atoms with E-state index in [1.807, 2.05) is 13.8 Å². The molecule has 1 atom stereocenters. The molecule has 1 unspecified atom stereocenters. The Hall–Kier alpha value is -0.220. The largest absolute Gasteiger partial charge is 0.394 e. The Morgan fingerprint density at radius 2 is 2.17 bits per heavy atom. The molecule has 1 amide bonds. The number of rotatable bonds is 5. The number of nitrogens with one attached hydrogen (secondary N) is 1. The predicted octanol–water partition coefficient (Wildman–Crippen LogP) is 0.439. The molecule has 12 heavy (non-hydrogen) atoms. The molecule has 0 aliphatic rings. The van der Waals surface area contributed by atoms with Crippen molar-refractivity contribution in [1.29, 1.82) is 0 Å². The summed E-state index contributed by atoms with van der Waals surface area (Å²) in [6, 6.07) is -0.127. The summed E-state index contributed by atoms with van der Waals surface area (Å²) in [5, 5.41) is 11.6. The minimum Gasteiger partial charge on any atom is -0.394 e.